The number of hydrogen-bond donors (Lipinski definition) is 1. The summed E-state index contributed by atoms with van der Waals surface area (Å²) in [6.07, 6.45) is 6.93. The maximum absolute atomic E-state index is 12.2. The van der Waals surface area contributed by atoms with Crippen molar-refractivity contribution in [2.24, 2.45) is 0 Å². The van der Waals surface area contributed by atoms with E-state index in [-0.39, 0.29) is 13.1 Å². The first kappa shape index (κ1) is 28.1. The highest BCUT2D eigenvalue weighted by Gasteiger charge is 2.24. The zero-order chi connectivity index (χ0) is 27.2. The van der Waals surface area contributed by atoms with Crippen LogP contribution in [0.1, 0.15) is 33.9 Å². The Hall–Kier alpha value is -4.50. The number of nitrogens with one attached hydrogen (secondary N) is 1. The van der Waals surface area contributed by atoms with Crippen LogP contribution in [0.4, 0.5) is 0 Å². The SMILES string of the molecule is COC(=O)C(=O)N(Cc1ccccn1)Cc1ncccc1C.Cc1cccnc1CNCc1ccccn1. The maximum Gasteiger partial charge on any atom is 0.396 e. The van der Waals surface area contributed by atoms with Crippen molar-refractivity contribution in [3.05, 3.63) is 119 Å². The number of carbonyl (C=O) groups is 2. The van der Waals surface area contributed by atoms with Gasteiger partial charge in [-0.3, -0.25) is 24.7 Å². The molecule has 0 bridgehead atoms. The molecule has 0 saturated heterocycles. The third-order valence-electron chi connectivity index (χ3n) is 5.63. The van der Waals surface area contributed by atoms with E-state index in [1.807, 2.05) is 61.8 Å². The van der Waals surface area contributed by atoms with Crippen LogP contribution in [0.5, 0.6) is 0 Å². The lowest BCUT2D eigenvalue weighted by Crippen LogP contribution is -2.37. The van der Waals surface area contributed by atoms with Crippen LogP contribution in [0, 0.1) is 13.8 Å². The van der Waals surface area contributed by atoms with Crippen LogP contribution in [-0.4, -0.2) is 43.8 Å². The molecule has 0 aliphatic rings. The molecular formula is C29H32N6O3. The summed E-state index contributed by atoms with van der Waals surface area (Å²) in [5, 5.41) is 3.33. The van der Waals surface area contributed by atoms with E-state index in [9.17, 15) is 9.59 Å². The number of hydrogen-bond acceptors (Lipinski definition) is 8. The van der Waals surface area contributed by atoms with E-state index >= 15 is 0 Å². The fourth-order valence-electron chi connectivity index (χ4n) is 3.48. The third kappa shape index (κ3) is 8.86. The van der Waals surface area contributed by atoms with Gasteiger partial charge in [0.05, 0.1) is 43.0 Å². The van der Waals surface area contributed by atoms with Crippen molar-refractivity contribution < 1.29 is 14.3 Å². The average molecular weight is 513 g/mol. The summed E-state index contributed by atoms with van der Waals surface area (Å²) in [4.78, 5) is 42.2. The molecule has 0 atom stereocenters. The number of carbonyl (C=O) groups excluding carboxylic acids is 2. The molecule has 9 nitrogen and oxygen atoms in total. The third-order valence-corrected chi connectivity index (χ3v) is 5.63. The van der Waals surface area contributed by atoms with E-state index in [4.69, 9.17) is 0 Å². The zero-order valence-electron chi connectivity index (χ0n) is 21.9. The Morgan fingerprint density at radius 2 is 1.29 bits per heavy atom. The van der Waals surface area contributed by atoms with E-state index < -0.39 is 11.9 Å². The quantitative estimate of drug-likeness (QED) is 0.282. The average Bonchev–Trinajstić information content (AvgIpc) is 2.95. The second kappa shape index (κ2) is 14.9. The van der Waals surface area contributed by atoms with Crippen molar-refractivity contribution in [2.75, 3.05) is 7.11 Å². The number of aryl methyl sites for hydroxylation is 2. The minimum Gasteiger partial charge on any atom is -0.462 e. The summed E-state index contributed by atoms with van der Waals surface area (Å²) >= 11 is 0. The summed E-state index contributed by atoms with van der Waals surface area (Å²) in [6.45, 7) is 5.97. The highest BCUT2D eigenvalue weighted by molar-refractivity contribution is 6.32. The zero-order valence-corrected chi connectivity index (χ0v) is 21.9. The van der Waals surface area contributed by atoms with Gasteiger partial charge in [0.2, 0.25) is 0 Å². The molecule has 0 fully saturated rings. The smallest absolute Gasteiger partial charge is 0.396 e. The van der Waals surface area contributed by atoms with Gasteiger partial charge in [0.15, 0.2) is 0 Å². The van der Waals surface area contributed by atoms with Crippen molar-refractivity contribution in [2.45, 2.75) is 40.0 Å². The summed E-state index contributed by atoms with van der Waals surface area (Å²) in [5.74, 6) is -1.61. The molecule has 0 unspecified atom stereocenters. The van der Waals surface area contributed by atoms with Gasteiger partial charge in [0.25, 0.3) is 0 Å². The lowest BCUT2D eigenvalue weighted by atomic mass is 10.2. The first-order valence-electron chi connectivity index (χ1n) is 12.2. The molecule has 4 heterocycles. The van der Waals surface area contributed by atoms with Crippen molar-refractivity contribution in [1.82, 2.24) is 30.2 Å². The summed E-state index contributed by atoms with van der Waals surface area (Å²) in [5.41, 5.74) is 5.74. The number of esters is 1. The van der Waals surface area contributed by atoms with Crippen molar-refractivity contribution in [1.29, 1.82) is 0 Å². The Morgan fingerprint density at radius 1 is 0.711 bits per heavy atom. The summed E-state index contributed by atoms with van der Waals surface area (Å²) < 4.78 is 4.53. The van der Waals surface area contributed by atoms with Gasteiger partial charge in [0.1, 0.15) is 0 Å². The van der Waals surface area contributed by atoms with Gasteiger partial charge in [-0.25, -0.2) is 4.79 Å². The molecule has 0 aromatic carbocycles. The standard InChI is InChI=1S/C16H17N3O3.C13H15N3/c1-12-6-5-9-18-14(12)11-19(15(20)16(21)22-2)10-13-7-3-4-8-17-13;1-11-5-4-8-16-13(11)10-14-9-12-6-2-3-7-15-12/h3-9H,10-11H2,1-2H3;2-8,14H,9-10H2,1H3. The van der Waals surface area contributed by atoms with Crippen molar-refractivity contribution >= 4 is 11.9 Å². The number of aromatic nitrogens is 4. The topological polar surface area (TPSA) is 110 Å². The second-order valence-electron chi connectivity index (χ2n) is 8.43. The van der Waals surface area contributed by atoms with Gasteiger partial charge in [0, 0.05) is 37.9 Å². The molecule has 4 rings (SSSR count). The Kier molecular flexibility index (Phi) is 11.0. The largest absolute Gasteiger partial charge is 0.462 e. The molecule has 4 aromatic heterocycles. The fraction of sp³-hybridized carbons (Fsp3) is 0.241. The minimum absolute atomic E-state index is 0.213. The van der Waals surface area contributed by atoms with Crippen LogP contribution in [0.15, 0.2) is 85.5 Å². The normalized spacial score (nSPS) is 10.2. The first-order valence-corrected chi connectivity index (χ1v) is 12.2. The molecule has 1 N–H and O–H groups in total. The van der Waals surface area contributed by atoms with Crippen LogP contribution >= 0.6 is 0 Å². The molecule has 9 heteroatoms. The van der Waals surface area contributed by atoms with E-state index in [0.29, 0.717) is 5.69 Å². The molecule has 0 aliphatic carbocycles. The van der Waals surface area contributed by atoms with Gasteiger partial charge >= 0.3 is 11.9 Å². The number of pyridine rings is 4. The lowest BCUT2D eigenvalue weighted by molar-refractivity contribution is -0.158. The van der Waals surface area contributed by atoms with Crippen LogP contribution < -0.4 is 5.32 Å². The molecule has 38 heavy (non-hydrogen) atoms. The van der Waals surface area contributed by atoms with Crippen LogP contribution in [-0.2, 0) is 40.5 Å². The molecule has 4 aromatic rings. The fourth-order valence-corrected chi connectivity index (χ4v) is 3.48. The Morgan fingerprint density at radius 3 is 1.84 bits per heavy atom. The van der Waals surface area contributed by atoms with E-state index in [1.54, 1.807) is 24.5 Å². The molecule has 1 amide bonds. The predicted octanol–water partition coefficient (Wildman–Crippen LogP) is 3.56. The van der Waals surface area contributed by atoms with Crippen molar-refractivity contribution in [3.8, 4) is 0 Å². The lowest BCUT2D eigenvalue weighted by Gasteiger charge is -2.21. The summed E-state index contributed by atoms with van der Waals surface area (Å²) in [7, 11) is 1.19. The number of amides is 1. The van der Waals surface area contributed by atoms with Crippen LogP contribution in [0.25, 0.3) is 0 Å². The Bertz CT molecular complexity index is 1300. The highest BCUT2D eigenvalue weighted by Crippen LogP contribution is 2.11. The number of nitrogens with zero attached hydrogens (tertiary/aromatic N) is 5. The predicted molar refractivity (Wildman–Crippen MR) is 143 cm³/mol. The van der Waals surface area contributed by atoms with Crippen molar-refractivity contribution in [3.63, 3.8) is 0 Å². The molecule has 0 saturated carbocycles. The van der Waals surface area contributed by atoms with Crippen LogP contribution in [0.2, 0.25) is 0 Å². The first-order chi connectivity index (χ1) is 18.5. The minimum atomic E-state index is -0.899. The highest BCUT2D eigenvalue weighted by atomic mass is 16.5. The van der Waals surface area contributed by atoms with Gasteiger partial charge < -0.3 is 15.0 Å². The van der Waals surface area contributed by atoms with Gasteiger partial charge in [-0.05, 0) is 61.4 Å². The van der Waals surface area contributed by atoms with Gasteiger partial charge in [-0.2, -0.15) is 0 Å². The van der Waals surface area contributed by atoms with Crippen LogP contribution in [0.3, 0.4) is 0 Å². The van der Waals surface area contributed by atoms with E-state index in [0.717, 1.165) is 35.7 Å². The summed E-state index contributed by atoms with van der Waals surface area (Å²) in [6, 6.07) is 19.1. The molecule has 0 aliphatic heterocycles. The molecule has 0 spiro atoms. The Labute approximate surface area is 223 Å². The van der Waals surface area contributed by atoms with E-state index in [1.165, 1.54) is 17.6 Å². The van der Waals surface area contributed by atoms with Gasteiger partial charge in [-0.15, -0.1) is 0 Å². The van der Waals surface area contributed by atoms with E-state index in [2.05, 4.69) is 43.0 Å². The number of methoxy groups -OCH3 is 1. The maximum atomic E-state index is 12.2. The second-order valence-corrected chi connectivity index (χ2v) is 8.43. The Balaban J connectivity index is 0.000000221. The monoisotopic (exact) mass is 512 g/mol. The molecule has 0 radical (unpaired) electrons. The molecular weight excluding hydrogens is 480 g/mol. The molecule has 196 valence electrons. The van der Waals surface area contributed by atoms with Gasteiger partial charge in [-0.1, -0.05) is 24.3 Å². The number of ether oxygens (including phenoxy) is 1. The number of rotatable bonds is 8.